The van der Waals surface area contributed by atoms with Crippen molar-refractivity contribution in [1.29, 1.82) is 0 Å². The van der Waals surface area contributed by atoms with E-state index in [0.29, 0.717) is 5.82 Å². The molecule has 0 aromatic carbocycles. The van der Waals surface area contributed by atoms with Crippen LogP contribution in [0.2, 0.25) is 0 Å². The predicted octanol–water partition coefficient (Wildman–Crippen LogP) is 1.48. The fourth-order valence-corrected chi connectivity index (χ4v) is 0.976. The van der Waals surface area contributed by atoms with Gasteiger partial charge in [-0.15, -0.1) is 0 Å². The van der Waals surface area contributed by atoms with E-state index in [-0.39, 0.29) is 0 Å². The van der Waals surface area contributed by atoms with Crippen LogP contribution >= 0.6 is 0 Å². The third kappa shape index (κ3) is 2.82. The van der Waals surface area contributed by atoms with Gasteiger partial charge in [0.15, 0.2) is 5.82 Å². The molecule has 0 unspecified atom stereocenters. The van der Waals surface area contributed by atoms with E-state index >= 15 is 0 Å². The third-order valence-electron chi connectivity index (χ3n) is 1.63. The zero-order chi connectivity index (χ0) is 9.68. The summed E-state index contributed by atoms with van der Waals surface area (Å²) in [5.41, 5.74) is 0. The van der Waals surface area contributed by atoms with Crippen LogP contribution in [0.5, 0.6) is 0 Å². The van der Waals surface area contributed by atoms with Crippen LogP contribution in [0.3, 0.4) is 0 Å². The summed E-state index contributed by atoms with van der Waals surface area (Å²) < 4.78 is 0. The molecule has 4 heteroatoms. The normalized spacial score (nSPS) is 11.5. The minimum atomic E-state index is 0.660. The van der Waals surface area contributed by atoms with Crippen LogP contribution in [0.4, 0.5) is 5.82 Å². The van der Waals surface area contributed by atoms with Gasteiger partial charge in [-0.2, -0.15) is 0 Å². The zero-order valence-electron chi connectivity index (χ0n) is 8.23. The van der Waals surface area contributed by atoms with Crippen LogP contribution in [0.1, 0.15) is 13.3 Å². The average molecular weight is 178 g/mol. The van der Waals surface area contributed by atoms with Crippen LogP contribution in [0.25, 0.3) is 0 Å². The van der Waals surface area contributed by atoms with Gasteiger partial charge in [0.05, 0.1) is 6.20 Å². The summed E-state index contributed by atoms with van der Waals surface area (Å²) in [6.45, 7) is 2.06. The van der Waals surface area contributed by atoms with Crippen molar-refractivity contribution >= 4 is 11.7 Å². The number of nitrogens with zero attached hydrogens (tertiary/aromatic N) is 4. The quantitative estimate of drug-likeness (QED) is 0.508. The maximum atomic E-state index is 4.35. The van der Waals surface area contributed by atoms with Crippen molar-refractivity contribution in [2.75, 3.05) is 14.1 Å². The molecule has 1 aromatic rings. The van der Waals surface area contributed by atoms with E-state index in [9.17, 15) is 0 Å². The molecule has 70 valence electrons. The van der Waals surface area contributed by atoms with E-state index in [1.54, 1.807) is 18.6 Å². The van der Waals surface area contributed by atoms with E-state index in [4.69, 9.17) is 0 Å². The van der Waals surface area contributed by atoms with Crippen molar-refractivity contribution in [3.63, 3.8) is 0 Å². The monoisotopic (exact) mass is 178 g/mol. The summed E-state index contributed by atoms with van der Waals surface area (Å²) in [5.74, 6) is 1.66. The lowest BCUT2D eigenvalue weighted by molar-refractivity contribution is 0.607. The van der Waals surface area contributed by atoms with Crippen molar-refractivity contribution in [2.45, 2.75) is 13.3 Å². The molecule has 0 radical (unpaired) electrons. The SMILES string of the molecule is CC/C(=N/c1cnccn1)N(C)C. The van der Waals surface area contributed by atoms with E-state index < -0.39 is 0 Å². The van der Waals surface area contributed by atoms with Crippen molar-refractivity contribution in [1.82, 2.24) is 14.9 Å². The van der Waals surface area contributed by atoms with Gasteiger partial charge in [-0.3, -0.25) is 4.98 Å². The lowest BCUT2D eigenvalue weighted by atomic mass is 10.4. The molecule has 0 aliphatic rings. The van der Waals surface area contributed by atoms with E-state index in [1.165, 1.54) is 0 Å². The first-order chi connectivity index (χ1) is 6.24. The zero-order valence-corrected chi connectivity index (χ0v) is 8.23. The Morgan fingerprint density at radius 2 is 2.23 bits per heavy atom. The largest absolute Gasteiger partial charge is 0.366 e. The minimum Gasteiger partial charge on any atom is -0.366 e. The van der Waals surface area contributed by atoms with Crippen LogP contribution < -0.4 is 0 Å². The Balaban J connectivity index is 2.85. The number of aromatic nitrogens is 2. The van der Waals surface area contributed by atoms with Gasteiger partial charge in [-0.1, -0.05) is 6.92 Å². The molecule has 0 atom stereocenters. The smallest absolute Gasteiger partial charge is 0.172 e. The second-order valence-corrected chi connectivity index (χ2v) is 2.84. The molecule has 0 N–H and O–H groups in total. The molecule has 0 fully saturated rings. The molecule has 0 aliphatic heterocycles. The van der Waals surface area contributed by atoms with Gasteiger partial charge in [-0.25, -0.2) is 9.98 Å². The molecule has 13 heavy (non-hydrogen) atoms. The van der Waals surface area contributed by atoms with Gasteiger partial charge in [0.2, 0.25) is 0 Å². The second-order valence-electron chi connectivity index (χ2n) is 2.84. The van der Waals surface area contributed by atoms with Gasteiger partial charge >= 0.3 is 0 Å². The van der Waals surface area contributed by atoms with E-state index in [2.05, 4.69) is 21.9 Å². The molecule has 0 bridgehead atoms. The lowest BCUT2D eigenvalue weighted by Crippen LogP contribution is -2.20. The summed E-state index contributed by atoms with van der Waals surface area (Å²) in [6, 6.07) is 0. The van der Waals surface area contributed by atoms with Crippen LogP contribution in [-0.2, 0) is 0 Å². The van der Waals surface area contributed by atoms with E-state index in [0.717, 1.165) is 12.3 Å². The number of hydrogen-bond acceptors (Lipinski definition) is 3. The Morgan fingerprint density at radius 1 is 1.46 bits per heavy atom. The van der Waals surface area contributed by atoms with Crippen molar-refractivity contribution in [2.24, 2.45) is 4.99 Å². The molecule has 0 spiro atoms. The van der Waals surface area contributed by atoms with Crippen LogP contribution in [-0.4, -0.2) is 34.8 Å². The number of hydrogen-bond donors (Lipinski definition) is 0. The molecule has 0 saturated carbocycles. The molecule has 0 aliphatic carbocycles. The number of amidine groups is 1. The van der Waals surface area contributed by atoms with Gasteiger partial charge in [-0.05, 0) is 0 Å². The maximum Gasteiger partial charge on any atom is 0.172 e. The number of rotatable bonds is 2. The fraction of sp³-hybridized carbons (Fsp3) is 0.444. The highest BCUT2D eigenvalue weighted by molar-refractivity contribution is 5.83. The molecule has 1 rings (SSSR count). The van der Waals surface area contributed by atoms with Crippen LogP contribution in [0, 0.1) is 0 Å². The molecule has 1 heterocycles. The lowest BCUT2D eigenvalue weighted by Gasteiger charge is -2.13. The van der Waals surface area contributed by atoms with Crippen molar-refractivity contribution < 1.29 is 0 Å². The Hall–Kier alpha value is -1.45. The standard InChI is InChI=1S/C9H14N4/c1-4-9(13(2)3)12-8-7-10-5-6-11-8/h5-7H,4H2,1-3H3/b12-9-. The Bertz CT molecular complexity index is 279. The summed E-state index contributed by atoms with van der Waals surface area (Å²) in [6.07, 6.45) is 5.82. The molecule has 4 nitrogen and oxygen atoms in total. The van der Waals surface area contributed by atoms with Gasteiger partial charge in [0.25, 0.3) is 0 Å². The highest BCUT2D eigenvalue weighted by Gasteiger charge is 1.98. The fourth-order valence-electron chi connectivity index (χ4n) is 0.976. The van der Waals surface area contributed by atoms with E-state index in [1.807, 2.05) is 19.0 Å². The van der Waals surface area contributed by atoms with Gasteiger partial charge in [0, 0.05) is 32.9 Å². The highest BCUT2D eigenvalue weighted by atomic mass is 15.1. The maximum absolute atomic E-state index is 4.35. The summed E-state index contributed by atoms with van der Waals surface area (Å²) in [4.78, 5) is 14.3. The molecule has 0 amide bonds. The number of aliphatic imine (C=N–C) groups is 1. The summed E-state index contributed by atoms with van der Waals surface area (Å²) in [5, 5.41) is 0. The van der Waals surface area contributed by atoms with Crippen molar-refractivity contribution in [3.8, 4) is 0 Å². The second kappa shape index (κ2) is 4.54. The Labute approximate surface area is 78.4 Å². The van der Waals surface area contributed by atoms with Crippen molar-refractivity contribution in [3.05, 3.63) is 18.6 Å². The van der Waals surface area contributed by atoms with Gasteiger partial charge in [0.1, 0.15) is 5.84 Å². The molecule has 0 saturated heterocycles. The first-order valence-corrected chi connectivity index (χ1v) is 4.25. The topological polar surface area (TPSA) is 41.4 Å². The molecular weight excluding hydrogens is 164 g/mol. The molecular formula is C9H14N4. The third-order valence-corrected chi connectivity index (χ3v) is 1.63. The molecule has 1 aromatic heterocycles. The van der Waals surface area contributed by atoms with Crippen LogP contribution in [0.15, 0.2) is 23.6 Å². The first kappa shape index (κ1) is 9.64. The highest BCUT2D eigenvalue weighted by Crippen LogP contribution is 2.05. The minimum absolute atomic E-state index is 0.660. The first-order valence-electron chi connectivity index (χ1n) is 4.25. The average Bonchev–Trinajstić information content (AvgIpc) is 2.15. The summed E-state index contributed by atoms with van der Waals surface area (Å²) in [7, 11) is 3.94. The predicted molar refractivity (Wildman–Crippen MR) is 53.1 cm³/mol. The summed E-state index contributed by atoms with van der Waals surface area (Å²) >= 11 is 0. The van der Waals surface area contributed by atoms with Gasteiger partial charge < -0.3 is 4.90 Å². The Morgan fingerprint density at radius 3 is 2.69 bits per heavy atom. The Kier molecular flexibility index (Phi) is 3.37.